The molecule has 2 unspecified atom stereocenters. The average Bonchev–Trinajstić information content (AvgIpc) is 3.96. The van der Waals surface area contributed by atoms with Crippen LogP contribution in [0.25, 0.3) is 0 Å². The number of hydrogen-bond acceptors (Lipinski definition) is 11. The van der Waals surface area contributed by atoms with E-state index in [1.54, 1.807) is 6.20 Å². The molecule has 0 radical (unpaired) electrons. The van der Waals surface area contributed by atoms with Crippen molar-refractivity contribution in [2.45, 2.75) is 238 Å². The molecule has 0 saturated carbocycles. The second kappa shape index (κ2) is 37.9. The van der Waals surface area contributed by atoms with E-state index in [0.29, 0.717) is 52.0 Å². The van der Waals surface area contributed by atoms with Gasteiger partial charge in [-0.2, -0.15) is 0 Å². The normalized spacial score (nSPS) is 15.5. The average molecular weight is 889 g/mol. The smallest absolute Gasteiger partial charge is 0.323 e. The highest BCUT2D eigenvalue weighted by atomic mass is 16.6. The summed E-state index contributed by atoms with van der Waals surface area (Å²) >= 11 is 0. The first-order valence-electron chi connectivity index (χ1n) is 25.5. The molecular weight excluding hydrogens is 801 g/mol. The number of carbonyl (C=O) groups excluding carboxylic acids is 5. The van der Waals surface area contributed by atoms with Gasteiger partial charge in [-0.05, 0) is 57.9 Å². The first-order chi connectivity index (χ1) is 30.8. The Balaban J connectivity index is 1.69. The minimum Gasteiger partial charge on any atom is -0.466 e. The van der Waals surface area contributed by atoms with Crippen LogP contribution in [0.3, 0.4) is 0 Å². The summed E-state index contributed by atoms with van der Waals surface area (Å²) in [6.07, 6.45) is 32.9. The van der Waals surface area contributed by atoms with Crippen LogP contribution in [-0.4, -0.2) is 95.8 Å². The molecule has 3 atom stereocenters. The molecule has 2 N–H and O–H groups in total. The molecule has 13 heteroatoms. The Morgan fingerprint density at radius 2 is 1.21 bits per heavy atom. The molecule has 1 aliphatic rings. The Labute approximate surface area is 381 Å². The van der Waals surface area contributed by atoms with Crippen LogP contribution in [0.15, 0.2) is 12.4 Å². The highest BCUT2D eigenvalue weighted by Gasteiger charge is 2.39. The summed E-state index contributed by atoms with van der Waals surface area (Å²) in [7, 11) is 0. The summed E-state index contributed by atoms with van der Waals surface area (Å²) in [5, 5.41) is 2.66. The van der Waals surface area contributed by atoms with Crippen molar-refractivity contribution in [2.24, 2.45) is 0 Å². The van der Waals surface area contributed by atoms with Gasteiger partial charge in [0.05, 0.1) is 19.6 Å². The maximum absolute atomic E-state index is 13.4. The Morgan fingerprint density at radius 1 is 0.651 bits per heavy atom. The standard InChI is InChI=1S/C50H88N4O9/c1-4-7-10-12-14-15-16-20-27-38-60-45(55)31-25-22-26-37-54-41-43(63-47(57)33-34-53-49(58)48-51-35-36-52-48)40-44(54)50(59)61-39-28-21-17-19-24-32-46(56)62-42(29-9-6-3)30-23-18-13-11-8-5-2/h35-36,42-44H,4-34,37-41H2,1-3H3,(H,51,52)(H,53,58)/t42?,43?,44-/m0/s1. The second-order valence-electron chi connectivity index (χ2n) is 17.7. The van der Waals surface area contributed by atoms with E-state index >= 15 is 0 Å². The van der Waals surface area contributed by atoms with Crippen LogP contribution in [-0.2, 0) is 38.1 Å². The first kappa shape index (κ1) is 55.7. The van der Waals surface area contributed by atoms with Gasteiger partial charge in [0.25, 0.3) is 5.91 Å². The van der Waals surface area contributed by atoms with E-state index in [2.05, 4.69) is 36.1 Å². The van der Waals surface area contributed by atoms with Gasteiger partial charge < -0.3 is 29.2 Å². The molecular formula is C50H88N4O9. The third-order valence-corrected chi connectivity index (χ3v) is 11.9. The van der Waals surface area contributed by atoms with Gasteiger partial charge >= 0.3 is 23.9 Å². The van der Waals surface area contributed by atoms with Crippen molar-refractivity contribution >= 4 is 29.8 Å². The molecule has 0 bridgehead atoms. The van der Waals surface area contributed by atoms with Crippen LogP contribution in [0, 0.1) is 0 Å². The van der Waals surface area contributed by atoms with E-state index < -0.39 is 24.0 Å². The third kappa shape index (κ3) is 28.8. The summed E-state index contributed by atoms with van der Waals surface area (Å²) in [5.41, 5.74) is 0. The molecule has 362 valence electrons. The third-order valence-electron chi connectivity index (χ3n) is 11.9. The summed E-state index contributed by atoms with van der Waals surface area (Å²) < 4.78 is 22.9. The minimum absolute atomic E-state index is 0.00674. The Hall–Kier alpha value is -3.48. The van der Waals surface area contributed by atoms with Crippen molar-refractivity contribution in [1.29, 1.82) is 0 Å². The Bertz CT molecular complexity index is 1330. The summed E-state index contributed by atoms with van der Waals surface area (Å²) in [6.45, 7) is 8.55. The molecule has 2 heterocycles. The molecule has 2 rings (SSSR count). The topological polar surface area (TPSA) is 166 Å². The number of aromatic amines is 1. The predicted molar refractivity (Wildman–Crippen MR) is 248 cm³/mol. The number of imidazole rings is 1. The fourth-order valence-electron chi connectivity index (χ4n) is 8.13. The highest BCUT2D eigenvalue weighted by molar-refractivity contribution is 5.90. The van der Waals surface area contributed by atoms with Gasteiger partial charge in [0.15, 0.2) is 5.82 Å². The van der Waals surface area contributed by atoms with Crippen molar-refractivity contribution < 1.29 is 42.9 Å². The van der Waals surface area contributed by atoms with Gasteiger partial charge in [-0.1, -0.05) is 143 Å². The number of rotatable bonds is 41. The number of hydrogen-bond donors (Lipinski definition) is 2. The van der Waals surface area contributed by atoms with Gasteiger partial charge in [-0.3, -0.25) is 28.9 Å². The van der Waals surface area contributed by atoms with Gasteiger partial charge in [-0.15, -0.1) is 0 Å². The highest BCUT2D eigenvalue weighted by Crippen LogP contribution is 2.24. The van der Waals surface area contributed by atoms with Crippen LogP contribution in [0.1, 0.15) is 230 Å². The van der Waals surface area contributed by atoms with Crippen LogP contribution in [0.2, 0.25) is 0 Å². The van der Waals surface area contributed by atoms with E-state index in [4.69, 9.17) is 18.9 Å². The molecule has 63 heavy (non-hydrogen) atoms. The molecule has 0 aromatic carbocycles. The Kier molecular flexibility index (Phi) is 33.4. The van der Waals surface area contributed by atoms with E-state index in [9.17, 15) is 24.0 Å². The van der Waals surface area contributed by atoms with E-state index in [1.165, 1.54) is 83.2 Å². The molecule has 1 aromatic heterocycles. The van der Waals surface area contributed by atoms with Crippen LogP contribution >= 0.6 is 0 Å². The van der Waals surface area contributed by atoms with Gasteiger partial charge in [-0.25, -0.2) is 4.98 Å². The zero-order chi connectivity index (χ0) is 45.6. The van der Waals surface area contributed by atoms with Crippen molar-refractivity contribution in [2.75, 3.05) is 32.8 Å². The van der Waals surface area contributed by atoms with Crippen molar-refractivity contribution in [3.05, 3.63) is 18.2 Å². The summed E-state index contributed by atoms with van der Waals surface area (Å²) in [6, 6.07) is -0.531. The number of aromatic nitrogens is 2. The lowest BCUT2D eigenvalue weighted by molar-refractivity contribution is -0.151. The van der Waals surface area contributed by atoms with Crippen LogP contribution in [0.4, 0.5) is 0 Å². The zero-order valence-electron chi connectivity index (χ0n) is 39.9. The summed E-state index contributed by atoms with van der Waals surface area (Å²) in [5.74, 6) is -1.24. The molecule has 0 spiro atoms. The van der Waals surface area contributed by atoms with Gasteiger partial charge in [0.1, 0.15) is 18.2 Å². The molecule has 1 aliphatic heterocycles. The number of H-pyrrole nitrogens is 1. The number of esters is 4. The minimum atomic E-state index is -0.531. The second-order valence-corrected chi connectivity index (χ2v) is 17.7. The van der Waals surface area contributed by atoms with Gasteiger partial charge in [0, 0.05) is 44.7 Å². The fourth-order valence-corrected chi connectivity index (χ4v) is 8.13. The Morgan fingerprint density at radius 3 is 1.84 bits per heavy atom. The zero-order valence-corrected chi connectivity index (χ0v) is 39.9. The number of amides is 1. The molecule has 1 amide bonds. The summed E-state index contributed by atoms with van der Waals surface area (Å²) in [4.78, 5) is 71.8. The quantitative estimate of drug-likeness (QED) is 0.0365. The number of carbonyl (C=O) groups is 5. The lowest BCUT2D eigenvalue weighted by Gasteiger charge is -2.22. The largest absolute Gasteiger partial charge is 0.466 e. The number of likely N-dealkylation sites (tertiary alicyclic amines) is 1. The van der Waals surface area contributed by atoms with Gasteiger partial charge in [0.2, 0.25) is 0 Å². The van der Waals surface area contributed by atoms with E-state index in [1.807, 2.05) is 4.90 Å². The first-order valence-corrected chi connectivity index (χ1v) is 25.5. The van der Waals surface area contributed by atoms with Crippen molar-refractivity contribution in [3.8, 4) is 0 Å². The molecule has 13 nitrogen and oxygen atoms in total. The predicted octanol–water partition coefficient (Wildman–Crippen LogP) is 10.9. The monoisotopic (exact) mass is 889 g/mol. The number of nitrogens with one attached hydrogen (secondary N) is 2. The molecule has 1 fully saturated rings. The molecule has 0 aliphatic carbocycles. The maximum Gasteiger partial charge on any atom is 0.323 e. The van der Waals surface area contributed by atoms with Crippen LogP contribution < -0.4 is 5.32 Å². The molecule has 1 aromatic rings. The number of nitrogens with zero attached hydrogens (tertiary/aromatic N) is 2. The SMILES string of the molecule is CCCCCCCCCCCOC(=O)CCCCCN1CC(OC(=O)CCNC(=O)c2ncc[nH]2)C[C@H]1C(=O)OCCCCCCCC(=O)OC(CCCC)CCCCCCCC. The number of unbranched alkanes of at least 4 members (excludes halogenated alkanes) is 20. The van der Waals surface area contributed by atoms with Crippen LogP contribution in [0.5, 0.6) is 0 Å². The molecule has 1 saturated heterocycles. The van der Waals surface area contributed by atoms with E-state index in [0.717, 1.165) is 89.9 Å². The van der Waals surface area contributed by atoms with E-state index in [-0.39, 0.29) is 42.8 Å². The maximum atomic E-state index is 13.4. The lowest BCUT2D eigenvalue weighted by atomic mass is 10.0. The lowest BCUT2D eigenvalue weighted by Crippen LogP contribution is -2.38. The number of ether oxygens (including phenoxy) is 4. The van der Waals surface area contributed by atoms with Crippen molar-refractivity contribution in [1.82, 2.24) is 20.2 Å². The van der Waals surface area contributed by atoms with Crippen molar-refractivity contribution in [3.63, 3.8) is 0 Å². The fraction of sp³-hybridized carbons (Fsp3) is 0.840.